The maximum absolute atomic E-state index is 11.7. The summed E-state index contributed by atoms with van der Waals surface area (Å²) in [4.78, 5) is 12.5. The van der Waals surface area contributed by atoms with E-state index in [9.17, 15) is 4.79 Å². The van der Waals surface area contributed by atoms with Gasteiger partial charge in [0.05, 0.1) is 15.3 Å². The summed E-state index contributed by atoms with van der Waals surface area (Å²) in [6.45, 7) is 0.888. The van der Waals surface area contributed by atoms with Crippen molar-refractivity contribution in [2.24, 2.45) is 0 Å². The summed E-state index contributed by atoms with van der Waals surface area (Å²) in [7, 11) is 0. The quantitative estimate of drug-likeness (QED) is 0.748. The van der Waals surface area contributed by atoms with Crippen molar-refractivity contribution in [2.75, 3.05) is 6.61 Å². The lowest BCUT2D eigenvalue weighted by Gasteiger charge is -2.07. The van der Waals surface area contributed by atoms with Crippen LogP contribution in [0.15, 0.2) is 12.1 Å². The molecule has 2 heterocycles. The highest BCUT2D eigenvalue weighted by Gasteiger charge is 2.16. The molecule has 1 atom stereocenters. The molecule has 0 saturated carbocycles. The van der Waals surface area contributed by atoms with E-state index in [0.29, 0.717) is 16.9 Å². The third-order valence-corrected chi connectivity index (χ3v) is 4.07. The van der Waals surface area contributed by atoms with Crippen molar-refractivity contribution < 1.29 is 9.53 Å². The SMILES string of the molecule is O=C(CCCC1CCCO1)c1ccc(Cl)s1. The monoisotopic (exact) mass is 258 g/mol. The molecule has 0 spiro atoms. The summed E-state index contributed by atoms with van der Waals surface area (Å²) < 4.78 is 6.20. The van der Waals surface area contributed by atoms with Crippen molar-refractivity contribution in [1.29, 1.82) is 0 Å². The van der Waals surface area contributed by atoms with Gasteiger partial charge in [0, 0.05) is 13.0 Å². The van der Waals surface area contributed by atoms with Crippen LogP contribution in [0.2, 0.25) is 4.34 Å². The summed E-state index contributed by atoms with van der Waals surface area (Å²) in [5, 5.41) is 0. The molecule has 88 valence electrons. The number of thiophene rings is 1. The van der Waals surface area contributed by atoms with Gasteiger partial charge in [-0.05, 0) is 37.8 Å². The van der Waals surface area contributed by atoms with Gasteiger partial charge in [-0.15, -0.1) is 11.3 Å². The van der Waals surface area contributed by atoms with E-state index in [1.54, 1.807) is 12.1 Å². The third-order valence-electron chi connectivity index (χ3n) is 2.80. The summed E-state index contributed by atoms with van der Waals surface area (Å²) in [5.74, 6) is 0.204. The van der Waals surface area contributed by atoms with E-state index in [-0.39, 0.29) is 5.78 Å². The van der Waals surface area contributed by atoms with E-state index in [1.807, 2.05) is 0 Å². The summed E-state index contributed by atoms with van der Waals surface area (Å²) in [6, 6.07) is 3.58. The number of ether oxygens (including phenoxy) is 1. The molecule has 1 aromatic heterocycles. The van der Waals surface area contributed by atoms with Gasteiger partial charge in [-0.3, -0.25) is 4.79 Å². The van der Waals surface area contributed by atoms with Crippen LogP contribution in [-0.2, 0) is 4.74 Å². The van der Waals surface area contributed by atoms with Crippen LogP contribution in [0.1, 0.15) is 41.8 Å². The van der Waals surface area contributed by atoms with Crippen LogP contribution < -0.4 is 0 Å². The van der Waals surface area contributed by atoms with E-state index in [0.717, 1.165) is 30.7 Å². The van der Waals surface area contributed by atoms with E-state index < -0.39 is 0 Å². The van der Waals surface area contributed by atoms with Gasteiger partial charge in [-0.25, -0.2) is 0 Å². The van der Waals surface area contributed by atoms with Crippen molar-refractivity contribution in [1.82, 2.24) is 0 Å². The molecule has 1 saturated heterocycles. The zero-order valence-corrected chi connectivity index (χ0v) is 10.6. The first-order chi connectivity index (χ1) is 7.75. The first-order valence-electron chi connectivity index (χ1n) is 5.66. The highest BCUT2D eigenvalue weighted by molar-refractivity contribution is 7.18. The molecule has 0 aliphatic carbocycles. The Morgan fingerprint density at radius 2 is 2.44 bits per heavy atom. The molecule has 2 rings (SSSR count). The number of ketones is 1. The molecule has 2 nitrogen and oxygen atoms in total. The van der Waals surface area contributed by atoms with E-state index in [1.165, 1.54) is 17.8 Å². The summed E-state index contributed by atoms with van der Waals surface area (Å²) >= 11 is 7.15. The molecular weight excluding hydrogens is 244 g/mol. The standard InChI is InChI=1S/C12H15ClO2S/c13-12-7-6-11(16-12)10(14)5-1-3-9-4-2-8-15-9/h6-7,9H,1-5,8H2. The Hall–Kier alpha value is -0.380. The van der Waals surface area contributed by atoms with Gasteiger partial charge in [0.25, 0.3) is 0 Å². The minimum Gasteiger partial charge on any atom is -0.378 e. The lowest BCUT2D eigenvalue weighted by molar-refractivity contribution is 0.0925. The average Bonchev–Trinajstić information content (AvgIpc) is 2.89. The van der Waals surface area contributed by atoms with E-state index >= 15 is 0 Å². The Morgan fingerprint density at radius 3 is 3.06 bits per heavy atom. The number of carbonyl (C=O) groups excluding carboxylic acids is 1. The average molecular weight is 259 g/mol. The number of halogens is 1. The fourth-order valence-corrected chi connectivity index (χ4v) is 2.96. The maximum Gasteiger partial charge on any atom is 0.172 e. The molecule has 1 unspecified atom stereocenters. The van der Waals surface area contributed by atoms with Crippen LogP contribution in [0.3, 0.4) is 0 Å². The van der Waals surface area contributed by atoms with Gasteiger partial charge < -0.3 is 4.74 Å². The molecule has 0 radical (unpaired) electrons. The van der Waals surface area contributed by atoms with Gasteiger partial charge in [0.1, 0.15) is 0 Å². The molecule has 4 heteroatoms. The van der Waals surface area contributed by atoms with Gasteiger partial charge in [0.15, 0.2) is 5.78 Å². The van der Waals surface area contributed by atoms with Crippen LogP contribution in [-0.4, -0.2) is 18.5 Å². The Kier molecular flexibility index (Phi) is 4.38. The minimum absolute atomic E-state index is 0.204. The number of hydrogen-bond acceptors (Lipinski definition) is 3. The molecule has 1 fully saturated rings. The second kappa shape index (κ2) is 5.80. The molecule has 1 aliphatic rings. The Balaban J connectivity index is 1.71. The van der Waals surface area contributed by atoms with Crippen molar-refractivity contribution in [3.63, 3.8) is 0 Å². The lowest BCUT2D eigenvalue weighted by Crippen LogP contribution is -2.06. The molecule has 0 N–H and O–H groups in total. The zero-order chi connectivity index (χ0) is 11.4. The van der Waals surface area contributed by atoms with Crippen molar-refractivity contribution in [2.45, 2.75) is 38.2 Å². The van der Waals surface area contributed by atoms with Crippen molar-refractivity contribution in [3.8, 4) is 0 Å². The van der Waals surface area contributed by atoms with Gasteiger partial charge >= 0.3 is 0 Å². The molecule has 0 amide bonds. The topological polar surface area (TPSA) is 26.3 Å². The Labute approximate surface area is 105 Å². The molecule has 1 aliphatic heterocycles. The first-order valence-corrected chi connectivity index (χ1v) is 6.85. The van der Waals surface area contributed by atoms with Gasteiger partial charge in [-0.2, -0.15) is 0 Å². The van der Waals surface area contributed by atoms with Gasteiger partial charge in [0.2, 0.25) is 0 Å². The number of rotatable bonds is 5. The first kappa shape index (κ1) is 12.1. The van der Waals surface area contributed by atoms with Crippen LogP contribution >= 0.6 is 22.9 Å². The number of Topliss-reactive ketones (excluding diaryl/α,β-unsaturated/α-hetero) is 1. The minimum atomic E-state index is 0.204. The van der Waals surface area contributed by atoms with Crippen LogP contribution in [0.4, 0.5) is 0 Å². The largest absolute Gasteiger partial charge is 0.378 e. The maximum atomic E-state index is 11.7. The van der Waals surface area contributed by atoms with Crippen LogP contribution in [0.25, 0.3) is 0 Å². The molecule has 1 aromatic rings. The Morgan fingerprint density at radius 1 is 1.56 bits per heavy atom. The van der Waals surface area contributed by atoms with E-state index in [2.05, 4.69) is 0 Å². The molecular formula is C12H15ClO2S. The van der Waals surface area contributed by atoms with E-state index in [4.69, 9.17) is 16.3 Å². The molecule has 16 heavy (non-hydrogen) atoms. The van der Waals surface area contributed by atoms with Crippen molar-refractivity contribution >= 4 is 28.7 Å². The normalized spacial score (nSPS) is 20.2. The zero-order valence-electron chi connectivity index (χ0n) is 9.08. The van der Waals surface area contributed by atoms with Gasteiger partial charge in [-0.1, -0.05) is 11.6 Å². The lowest BCUT2D eigenvalue weighted by atomic mass is 10.1. The second-order valence-corrected chi connectivity index (χ2v) is 5.77. The fraction of sp³-hybridized carbons (Fsp3) is 0.583. The van der Waals surface area contributed by atoms with Crippen molar-refractivity contribution in [3.05, 3.63) is 21.3 Å². The predicted octanol–water partition coefficient (Wildman–Crippen LogP) is 3.93. The highest BCUT2D eigenvalue weighted by atomic mass is 35.5. The van der Waals surface area contributed by atoms with Crippen LogP contribution in [0.5, 0.6) is 0 Å². The summed E-state index contributed by atoms with van der Waals surface area (Å²) in [5.41, 5.74) is 0. The fourth-order valence-electron chi connectivity index (χ4n) is 1.95. The number of carbonyl (C=O) groups is 1. The Bertz CT molecular complexity index is 356. The summed E-state index contributed by atoms with van der Waals surface area (Å²) in [6.07, 6.45) is 5.23. The second-order valence-electron chi connectivity index (χ2n) is 4.05. The highest BCUT2D eigenvalue weighted by Crippen LogP contribution is 2.24. The van der Waals surface area contributed by atoms with Crippen LogP contribution in [0, 0.1) is 0 Å². The predicted molar refractivity (Wildman–Crippen MR) is 66.5 cm³/mol. The smallest absolute Gasteiger partial charge is 0.172 e. The molecule has 0 bridgehead atoms. The molecule has 0 aromatic carbocycles. The third kappa shape index (κ3) is 3.30. The number of hydrogen-bond donors (Lipinski definition) is 0.